The molecule has 1 aliphatic heterocycles. The summed E-state index contributed by atoms with van der Waals surface area (Å²) in [6.45, 7) is 10.2. The summed E-state index contributed by atoms with van der Waals surface area (Å²) in [5.74, 6) is 0. The molecule has 0 saturated carbocycles. The summed E-state index contributed by atoms with van der Waals surface area (Å²) in [5, 5.41) is 9.67. The summed E-state index contributed by atoms with van der Waals surface area (Å²) in [7, 11) is 0. The first-order valence-electron chi connectivity index (χ1n) is 9.10. The van der Waals surface area contributed by atoms with E-state index in [0.717, 1.165) is 49.5 Å². The van der Waals surface area contributed by atoms with Gasteiger partial charge < -0.3 is 5.11 Å². The summed E-state index contributed by atoms with van der Waals surface area (Å²) < 4.78 is 1.61. The minimum atomic E-state index is -0.300. The minimum absolute atomic E-state index is 0.0246. The van der Waals surface area contributed by atoms with E-state index in [2.05, 4.69) is 16.7 Å². The Hall–Kier alpha value is -1.76. The fraction of sp³-hybridized carbons (Fsp3) is 0.579. The Morgan fingerprint density at radius 3 is 2.92 bits per heavy atom. The Morgan fingerprint density at radius 2 is 2.20 bits per heavy atom. The van der Waals surface area contributed by atoms with Crippen molar-refractivity contribution < 1.29 is 5.11 Å². The highest BCUT2D eigenvalue weighted by Crippen LogP contribution is 2.15. The second kappa shape index (κ2) is 7.64. The smallest absolute Gasteiger partial charge is 0.258 e. The highest BCUT2D eigenvalue weighted by Gasteiger charge is 2.26. The molecule has 2 aromatic heterocycles. The topological polar surface area (TPSA) is 61.1 Å². The third kappa shape index (κ3) is 4.08. The van der Waals surface area contributed by atoms with Crippen molar-refractivity contribution in [2.24, 2.45) is 0 Å². The molecule has 1 fully saturated rings. The molecule has 6 nitrogen and oxygen atoms in total. The van der Waals surface area contributed by atoms with Crippen molar-refractivity contribution in [3.8, 4) is 0 Å². The molecule has 2 unspecified atom stereocenters. The zero-order valence-electron chi connectivity index (χ0n) is 15.4. The number of aryl methyl sites for hydroxylation is 1. The first kappa shape index (κ1) is 18.0. The largest absolute Gasteiger partial charge is 0.392 e. The lowest BCUT2D eigenvalue weighted by Crippen LogP contribution is -2.54. The monoisotopic (exact) mass is 344 g/mol. The summed E-state index contributed by atoms with van der Waals surface area (Å²) in [4.78, 5) is 21.8. The number of hydrogen-bond acceptors (Lipinski definition) is 5. The molecule has 0 bridgehead atoms. The van der Waals surface area contributed by atoms with Gasteiger partial charge in [0.15, 0.2) is 0 Å². The lowest BCUT2D eigenvalue weighted by Gasteiger charge is -2.41. The molecule has 6 heteroatoms. The molecule has 25 heavy (non-hydrogen) atoms. The Bertz CT molecular complexity index is 787. The summed E-state index contributed by atoms with van der Waals surface area (Å²) in [5.41, 5.74) is 2.56. The lowest BCUT2D eigenvalue weighted by molar-refractivity contribution is 0.0333. The van der Waals surface area contributed by atoms with E-state index in [1.54, 1.807) is 16.7 Å². The molecule has 3 rings (SSSR count). The SMILES string of the molecule is CCC1CN(Cc2cc(=O)n3cccc(C)c3n2)CCN1CC(C)O. The molecule has 0 radical (unpaired) electrons. The average Bonchev–Trinajstić information content (AvgIpc) is 2.57. The van der Waals surface area contributed by atoms with Crippen LogP contribution in [0, 0.1) is 6.92 Å². The van der Waals surface area contributed by atoms with Gasteiger partial charge in [-0.25, -0.2) is 4.98 Å². The first-order chi connectivity index (χ1) is 12.0. The molecular formula is C19H28N4O2. The van der Waals surface area contributed by atoms with E-state index in [1.165, 1.54) is 0 Å². The van der Waals surface area contributed by atoms with Gasteiger partial charge in [-0.15, -0.1) is 0 Å². The molecule has 0 amide bonds. The fourth-order valence-corrected chi connectivity index (χ4v) is 3.69. The molecular weight excluding hydrogens is 316 g/mol. The fourth-order valence-electron chi connectivity index (χ4n) is 3.69. The molecule has 2 aromatic rings. The van der Waals surface area contributed by atoms with Crippen LogP contribution in [0.2, 0.25) is 0 Å². The van der Waals surface area contributed by atoms with E-state index in [4.69, 9.17) is 4.98 Å². The Balaban J connectivity index is 1.76. The Kier molecular flexibility index (Phi) is 5.51. The van der Waals surface area contributed by atoms with E-state index in [0.29, 0.717) is 12.6 Å². The number of aliphatic hydroxyl groups excluding tert-OH is 1. The van der Waals surface area contributed by atoms with Gasteiger partial charge in [0.1, 0.15) is 5.65 Å². The van der Waals surface area contributed by atoms with Crippen LogP contribution in [-0.4, -0.2) is 62.6 Å². The molecule has 136 valence electrons. The standard InChI is InChI=1S/C19H28N4O2/c1-4-17-13-21(8-9-22(17)11-15(3)24)12-16-10-18(25)23-7-5-6-14(2)19(23)20-16/h5-7,10,15,17,24H,4,8-9,11-13H2,1-3H3. The van der Waals surface area contributed by atoms with Gasteiger partial charge in [-0.05, 0) is 31.9 Å². The van der Waals surface area contributed by atoms with Crippen LogP contribution < -0.4 is 5.56 Å². The summed E-state index contributed by atoms with van der Waals surface area (Å²) in [6.07, 6.45) is 2.52. The van der Waals surface area contributed by atoms with Crippen molar-refractivity contribution in [3.63, 3.8) is 0 Å². The molecule has 0 aromatic carbocycles. The number of pyridine rings is 1. The second-order valence-electron chi connectivity index (χ2n) is 7.11. The minimum Gasteiger partial charge on any atom is -0.392 e. The zero-order chi connectivity index (χ0) is 18.0. The van der Waals surface area contributed by atoms with Gasteiger partial charge in [0, 0.05) is 51.0 Å². The Morgan fingerprint density at radius 1 is 1.40 bits per heavy atom. The van der Waals surface area contributed by atoms with E-state index >= 15 is 0 Å². The van der Waals surface area contributed by atoms with Crippen LogP contribution >= 0.6 is 0 Å². The van der Waals surface area contributed by atoms with Gasteiger partial charge >= 0.3 is 0 Å². The van der Waals surface area contributed by atoms with Crippen molar-refractivity contribution in [3.05, 3.63) is 46.0 Å². The van der Waals surface area contributed by atoms with Crippen LogP contribution in [-0.2, 0) is 6.54 Å². The average molecular weight is 344 g/mol. The van der Waals surface area contributed by atoms with E-state index in [9.17, 15) is 9.90 Å². The lowest BCUT2D eigenvalue weighted by atomic mass is 10.1. The van der Waals surface area contributed by atoms with Crippen LogP contribution in [0.15, 0.2) is 29.2 Å². The predicted octanol–water partition coefficient (Wildman–Crippen LogP) is 1.28. The first-order valence-corrected chi connectivity index (χ1v) is 9.10. The van der Waals surface area contributed by atoms with Gasteiger partial charge in [0.2, 0.25) is 0 Å². The quantitative estimate of drug-likeness (QED) is 0.885. The number of fused-ring (bicyclic) bond motifs is 1. The highest BCUT2D eigenvalue weighted by molar-refractivity contribution is 5.46. The number of aromatic nitrogens is 2. The van der Waals surface area contributed by atoms with Gasteiger partial charge in [0.05, 0.1) is 11.8 Å². The molecule has 0 aliphatic carbocycles. The summed E-state index contributed by atoms with van der Waals surface area (Å²) >= 11 is 0. The van der Waals surface area contributed by atoms with Gasteiger partial charge in [-0.1, -0.05) is 13.0 Å². The van der Waals surface area contributed by atoms with E-state index < -0.39 is 0 Å². The second-order valence-corrected chi connectivity index (χ2v) is 7.11. The van der Waals surface area contributed by atoms with Crippen molar-refractivity contribution in [1.82, 2.24) is 19.2 Å². The van der Waals surface area contributed by atoms with Crippen LogP contribution in [0.1, 0.15) is 31.5 Å². The van der Waals surface area contributed by atoms with Crippen molar-refractivity contribution in [1.29, 1.82) is 0 Å². The molecule has 0 spiro atoms. The van der Waals surface area contributed by atoms with E-state index in [-0.39, 0.29) is 11.7 Å². The zero-order valence-corrected chi connectivity index (χ0v) is 15.4. The Labute approximate surface area is 148 Å². The summed E-state index contributed by atoms with van der Waals surface area (Å²) in [6, 6.07) is 5.94. The maximum atomic E-state index is 12.4. The van der Waals surface area contributed by atoms with Crippen LogP contribution in [0.4, 0.5) is 0 Å². The van der Waals surface area contributed by atoms with Crippen LogP contribution in [0.3, 0.4) is 0 Å². The van der Waals surface area contributed by atoms with Crippen LogP contribution in [0.5, 0.6) is 0 Å². The van der Waals surface area contributed by atoms with Crippen molar-refractivity contribution >= 4 is 5.65 Å². The normalized spacial score (nSPS) is 20.9. The molecule has 1 saturated heterocycles. The maximum absolute atomic E-state index is 12.4. The third-order valence-electron chi connectivity index (χ3n) is 4.98. The highest BCUT2D eigenvalue weighted by atomic mass is 16.3. The van der Waals surface area contributed by atoms with Crippen molar-refractivity contribution in [2.75, 3.05) is 26.2 Å². The molecule has 1 aliphatic rings. The number of nitrogens with zero attached hydrogens (tertiary/aromatic N) is 4. The molecule has 1 N–H and O–H groups in total. The maximum Gasteiger partial charge on any atom is 0.258 e. The van der Waals surface area contributed by atoms with Crippen LogP contribution in [0.25, 0.3) is 5.65 Å². The number of piperazine rings is 1. The molecule has 3 heterocycles. The van der Waals surface area contributed by atoms with Gasteiger partial charge in [-0.2, -0.15) is 0 Å². The number of hydrogen-bond donors (Lipinski definition) is 1. The number of rotatable bonds is 5. The molecule has 2 atom stereocenters. The number of aliphatic hydroxyl groups is 1. The van der Waals surface area contributed by atoms with Gasteiger partial charge in [-0.3, -0.25) is 19.0 Å². The van der Waals surface area contributed by atoms with E-state index in [1.807, 2.05) is 26.0 Å². The predicted molar refractivity (Wildman–Crippen MR) is 98.8 cm³/mol. The number of β-amino-alcohol motifs (C(OH)–C–C–N with tert-alkyl or cyclic N) is 1. The van der Waals surface area contributed by atoms with Crippen molar-refractivity contribution in [2.45, 2.75) is 45.9 Å². The third-order valence-corrected chi connectivity index (χ3v) is 4.98. The van der Waals surface area contributed by atoms with Gasteiger partial charge in [0.25, 0.3) is 5.56 Å².